The first-order valence-electron chi connectivity index (χ1n) is 19.3. The van der Waals surface area contributed by atoms with Crippen LogP contribution in [0.15, 0.2) is 133 Å². The first-order chi connectivity index (χ1) is 29.9. The monoisotopic (exact) mass is 852 g/mol. The minimum atomic E-state index is -0.987. The van der Waals surface area contributed by atoms with Gasteiger partial charge >= 0.3 is 36.1 Å². The zero-order valence-electron chi connectivity index (χ0n) is 34.3. The van der Waals surface area contributed by atoms with Gasteiger partial charge in [0.05, 0.1) is 24.2 Å². The number of hydrogen-bond acceptors (Lipinski definition) is 14. The summed E-state index contributed by atoms with van der Waals surface area (Å²) in [4.78, 5) is 74.1. The van der Waals surface area contributed by atoms with Crippen LogP contribution in [0.1, 0.15) is 34.6 Å². The molecule has 4 rings (SSSR count). The SMILES string of the molecule is C=C(C)C(=O)OCCNC(=O)OC(COC(=O)c1ccc(-c2ccc(C(=O)OCC(COc3ccccc3)OC(=O)NCCOC(=O)C(=C)C)cc2)cc1)COc1ccccc1. The Balaban J connectivity index is 1.29. The van der Waals surface area contributed by atoms with Crippen molar-refractivity contribution in [1.29, 1.82) is 0 Å². The normalized spacial score (nSPS) is 11.3. The predicted molar refractivity (Wildman–Crippen MR) is 224 cm³/mol. The van der Waals surface area contributed by atoms with E-state index in [4.69, 9.17) is 37.9 Å². The third kappa shape index (κ3) is 16.9. The van der Waals surface area contributed by atoms with Gasteiger partial charge in [-0.05, 0) is 73.5 Å². The third-order valence-electron chi connectivity index (χ3n) is 8.19. The van der Waals surface area contributed by atoms with Gasteiger partial charge in [0.25, 0.3) is 0 Å². The number of carbonyl (C=O) groups excluding carboxylic acids is 6. The molecule has 0 aliphatic heterocycles. The molecular weight excluding hydrogens is 805 g/mol. The quantitative estimate of drug-likeness (QED) is 0.0367. The first-order valence-corrected chi connectivity index (χ1v) is 19.3. The van der Waals surface area contributed by atoms with E-state index in [0.717, 1.165) is 11.1 Å². The number of esters is 4. The highest BCUT2D eigenvalue weighted by molar-refractivity contribution is 5.91. The largest absolute Gasteiger partial charge is 0.490 e. The molecule has 2 unspecified atom stereocenters. The van der Waals surface area contributed by atoms with Crippen LogP contribution in [0.3, 0.4) is 0 Å². The van der Waals surface area contributed by atoms with Crippen molar-refractivity contribution in [1.82, 2.24) is 10.6 Å². The molecule has 0 heterocycles. The van der Waals surface area contributed by atoms with E-state index < -0.39 is 48.3 Å². The lowest BCUT2D eigenvalue weighted by Gasteiger charge is -2.19. The van der Waals surface area contributed by atoms with Crippen LogP contribution in [0.25, 0.3) is 11.1 Å². The number of para-hydroxylation sites is 2. The molecule has 0 saturated carbocycles. The van der Waals surface area contributed by atoms with Crippen LogP contribution >= 0.6 is 0 Å². The molecule has 0 bridgehead atoms. The van der Waals surface area contributed by atoms with Gasteiger partial charge in [-0.25, -0.2) is 28.8 Å². The standard InChI is InChI=1S/C46H48N2O14/c1-31(2)41(49)55-25-23-47-45(53)61-39(27-57-37-11-7-5-8-12-37)29-59-43(51)35-19-15-33(16-20-35)34-17-21-36(22-18-34)44(52)60-30-40(28-58-38-13-9-6-10-14-38)62-46(54)48-24-26-56-42(50)32(3)4/h5-22,39-40H,1,3,23-30H2,2,4H3,(H,47,53)(H,48,54). The molecule has 4 aromatic rings. The molecule has 0 aromatic heterocycles. The first kappa shape index (κ1) is 47.1. The lowest BCUT2D eigenvalue weighted by atomic mass is 10.0. The molecule has 0 radical (unpaired) electrons. The lowest BCUT2D eigenvalue weighted by Crippen LogP contribution is -2.37. The van der Waals surface area contributed by atoms with Crippen molar-refractivity contribution in [2.24, 2.45) is 0 Å². The van der Waals surface area contributed by atoms with E-state index in [1.165, 1.54) is 13.8 Å². The van der Waals surface area contributed by atoms with Crippen molar-refractivity contribution in [2.75, 3.05) is 52.7 Å². The van der Waals surface area contributed by atoms with Crippen LogP contribution in [-0.2, 0) is 38.0 Å². The highest BCUT2D eigenvalue weighted by Gasteiger charge is 2.21. The van der Waals surface area contributed by atoms with Gasteiger partial charge in [-0.3, -0.25) is 0 Å². The van der Waals surface area contributed by atoms with Crippen LogP contribution in [0.5, 0.6) is 11.5 Å². The molecule has 326 valence electrons. The molecule has 16 nitrogen and oxygen atoms in total. The molecule has 2 atom stereocenters. The highest BCUT2D eigenvalue weighted by atomic mass is 16.6. The maximum absolute atomic E-state index is 13.0. The maximum atomic E-state index is 13.0. The van der Waals surface area contributed by atoms with Crippen LogP contribution < -0.4 is 20.1 Å². The average Bonchev–Trinajstić information content (AvgIpc) is 3.28. The number of hydrogen-bond donors (Lipinski definition) is 2. The van der Waals surface area contributed by atoms with Gasteiger partial charge in [0, 0.05) is 11.1 Å². The Labute approximate surface area is 358 Å². The fourth-order valence-electron chi connectivity index (χ4n) is 4.97. The molecule has 0 fully saturated rings. The lowest BCUT2D eigenvalue weighted by molar-refractivity contribution is -0.139. The van der Waals surface area contributed by atoms with Gasteiger partial charge < -0.3 is 48.5 Å². The summed E-state index contributed by atoms with van der Waals surface area (Å²) in [5.41, 5.74) is 2.37. The van der Waals surface area contributed by atoms with Gasteiger partial charge in [0.1, 0.15) is 51.1 Å². The molecule has 0 spiro atoms. The Bertz CT molecular complexity index is 1970. The average molecular weight is 853 g/mol. The number of ether oxygens (including phenoxy) is 8. The molecule has 2 N–H and O–H groups in total. The van der Waals surface area contributed by atoms with E-state index in [-0.39, 0.29) is 75.0 Å². The number of carbonyl (C=O) groups is 6. The van der Waals surface area contributed by atoms with Crippen molar-refractivity contribution < 1.29 is 66.7 Å². The summed E-state index contributed by atoms with van der Waals surface area (Å²) >= 11 is 0. The molecule has 0 aliphatic carbocycles. The summed E-state index contributed by atoms with van der Waals surface area (Å²) < 4.78 is 43.2. The zero-order chi connectivity index (χ0) is 44.7. The Hall–Kier alpha value is -7.62. The molecule has 2 amide bonds. The highest BCUT2D eigenvalue weighted by Crippen LogP contribution is 2.22. The van der Waals surface area contributed by atoms with E-state index in [9.17, 15) is 28.8 Å². The summed E-state index contributed by atoms with van der Waals surface area (Å²) in [6.45, 7) is 8.88. The van der Waals surface area contributed by atoms with E-state index in [0.29, 0.717) is 11.5 Å². The molecular formula is C46H48N2O14. The Morgan fingerprint density at radius 1 is 0.484 bits per heavy atom. The predicted octanol–water partition coefficient (Wildman–Crippen LogP) is 6.25. The topological polar surface area (TPSA) is 200 Å². The second-order valence-corrected chi connectivity index (χ2v) is 13.3. The second-order valence-electron chi connectivity index (χ2n) is 13.3. The smallest absolute Gasteiger partial charge is 0.407 e. The van der Waals surface area contributed by atoms with E-state index in [2.05, 4.69) is 23.8 Å². The molecule has 0 saturated heterocycles. The van der Waals surface area contributed by atoms with Crippen molar-refractivity contribution in [3.8, 4) is 22.6 Å². The van der Waals surface area contributed by atoms with Crippen molar-refractivity contribution in [3.63, 3.8) is 0 Å². The van der Waals surface area contributed by atoms with Crippen LogP contribution in [0.2, 0.25) is 0 Å². The minimum Gasteiger partial charge on any atom is -0.490 e. The van der Waals surface area contributed by atoms with Gasteiger partial charge in [0.2, 0.25) is 0 Å². The van der Waals surface area contributed by atoms with Gasteiger partial charge in [-0.1, -0.05) is 73.8 Å². The van der Waals surface area contributed by atoms with Crippen molar-refractivity contribution in [2.45, 2.75) is 26.1 Å². The number of amides is 2. The summed E-state index contributed by atoms with van der Waals surface area (Å²) in [6, 6.07) is 30.7. The fraction of sp³-hybridized carbons (Fsp3) is 0.261. The summed E-state index contributed by atoms with van der Waals surface area (Å²) in [6.07, 6.45) is -3.64. The number of alkyl carbamates (subject to hydrolysis) is 2. The summed E-state index contributed by atoms with van der Waals surface area (Å²) in [5, 5.41) is 4.94. The molecule has 16 heteroatoms. The molecule has 0 aliphatic rings. The van der Waals surface area contributed by atoms with Crippen LogP contribution in [0.4, 0.5) is 9.59 Å². The van der Waals surface area contributed by atoms with Gasteiger partial charge in [0.15, 0.2) is 12.2 Å². The van der Waals surface area contributed by atoms with Crippen molar-refractivity contribution in [3.05, 3.63) is 145 Å². The van der Waals surface area contributed by atoms with E-state index in [1.54, 1.807) is 97.1 Å². The van der Waals surface area contributed by atoms with Gasteiger partial charge in [-0.2, -0.15) is 0 Å². The Kier molecular flexibility index (Phi) is 19.1. The molecule has 62 heavy (non-hydrogen) atoms. The van der Waals surface area contributed by atoms with E-state index in [1.807, 2.05) is 12.1 Å². The van der Waals surface area contributed by atoms with Gasteiger partial charge in [-0.15, -0.1) is 0 Å². The maximum Gasteiger partial charge on any atom is 0.407 e. The number of rotatable bonds is 23. The third-order valence-corrected chi connectivity index (χ3v) is 8.19. The minimum absolute atomic E-state index is 0.0211. The summed E-state index contributed by atoms with van der Waals surface area (Å²) in [5.74, 6) is -1.49. The van der Waals surface area contributed by atoms with Crippen LogP contribution in [0, 0.1) is 0 Å². The van der Waals surface area contributed by atoms with Crippen LogP contribution in [-0.4, -0.2) is 101 Å². The molecule has 4 aromatic carbocycles. The van der Waals surface area contributed by atoms with E-state index >= 15 is 0 Å². The fourth-order valence-corrected chi connectivity index (χ4v) is 4.97. The number of nitrogens with one attached hydrogen (secondary N) is 2. The number of benzene rings is 4. The summed E-state index contributed by atoms with van der Waals surface area (Å²) in [7, 11) is 0. The Morgan fingerprint density at radius 3 is 1.18 bits per heavy atom. The Morgan fingerprint density at radius 2 is 0.839 bits per heavy atom. The second kappa shape index (κ2) is 25.1. The van der Waals surface area contributed by atoms with Crippen molar-refractivity contribution >= 4 is 36.1 Å². The zero-order valence-corrected chi connectivity index (χ0v) is 34.3.